The molecular weight excluding hydrogens is 134 g/mol. The van der Waals surface area contributed by atoms with Crippen molar-refractivity contribution in [1.82, 2.24) is 5.32 Å². The Kier molecular flexibility index (Phi) is 5.63. The lowest BCUT2D eigenvalue weighted by Crippen LogP contribution is -2.10. The summed E-state index contributed by atoms with van der Waals surface area (Å²) >= 11 is 0. The zero-order valence-corrected chi connectivity index (χ0v) is 8.02. The van der Waals surface area contributed by atoms with Crippen molar-refractivity contribution in [2.24, 2.45) is 5.92 Å². The molecule has 0 aromatic carbocycles. The number of dihydropyridines is 1. The van der Waals surface area contributed by atoms with Crippen molar-refractivity contribution in [3.63, 3.8) is 0 Å². The summed E-state index contributed by atoms with van der Waals surface area (Å²) in [6.45, 7) is 9.41. The van der Waals surface area contributed by atoms with Crippen LogP contribution in [0.1, 0.15) is 27.7 Å². The molecule has 11 heavy (non-hydrogen) atoms. The van der Waals surface area contributed by atoms with Crippen molar-refractivity contribution < 1.29 is 0 Å². The molecule has 0 saturated heterocycles. The fourth-order valence-corrected chi connectivity index (χ4v) is 0.896. The topological polar surface area (TPSA) is 12.0 Å². The fraction of sp³-hybridized carbons (Fsp3) is 0.600. The maximum atomic E-state index is 3.11. The standard InChI is InChI=1S/C8H13N.C2H6/c1-7(2)8-3-5-9-6-4-8;1-2/h3-5,7,9H,6H2,1-2H3;1-2H3. The third-order valence-corrected chi connectivity index (χ3v) is 1.52. The van der Waals surface area contributed by atoms with E-state index in [1.165, 1.54) is 5.57 Å². The van der Waals surface area contributed by atoms with E-state index in [1.807, 2.05) is 20.0 Å². The molecule has 1 heterocycles. The summed E-state index contributed by atoms with van der Waals surface area (Å²) in [5.41, 5.74) is 1.44. The molecule has 0 atom stereocenters. The molecule has 0 unspecified atom stereocenters. The molecule has 0 radical (unpaired) electrons. The second kappa shape index (κ2) is 6.02. The van der Waals surface area contributed by atoms with Gasteiger partial charge in [-0.2, -0.15) is 0 Å². The van der Waals surface area contributed by atoms with Gasteiger partial charge in [-0.1, -0.05) is 33.8 Å². The number of rotatable bonds is 1. The van der Waals surface area contributed by atoms with Gasteiger partial charge in [0.15, 0.2) is 0 Å². The normalized spacial score (nSPS) is 14.8. The van der Waals surface area contributed by atoms with Crippen LogP contribution in [0.25, 0.3) is 0 Å². The zero-order valence-electron chi connectivity index (χ0n) is 8.02. The molecule has 0 saturated carbocycles. The Labute approximate surface area is 70.2 Å². The molecule has 0 amide bonds. The highest BCUT2D eigenvalue weighted by atomic mass is 14.8. The SMILES string of the molecule is CC.CC(C)C1=CCNC=C1. The first-order valence-electron chi connectivity index (χ1n) is 4.40. The van der Waals surface area contributed by atoms with Gasteiger partial charge in [-0.25, -0.2) is 0 Å². The van der Waals surface area contributed by atoms with Crippen LogP contribution in [0.15, 0.2) is 23.9 Å². The van der Waals surface area contributed by atoms with Crippen molar-refractivity contribution >= 4 is 0 Å². The highest BCUT2D eigenvalue weighted by Crippen LogP contribution is 2.11. The molecule has 0 aromatic heterocycles. The van der Waals surface area contributed by atoms with E-state index in [9.17, 15) is 0 Å². The van der Waals surface area contributed by atoms with E-state index in [4.69, 9.17) is 0 Å². The predicted molar refractivity (Wildman–Crippen MR) is 51.4 cm³/mol. The molecule has 0 aromatic rings. The van der Waals surface area contributed by atoms with Crippen LogP contribution in [0.4, 0.5) is 0 Å². The van der Waals surface area contributed by atoms with Crippen molar-refractivity contribution in [2.75, 3.05) is 6.54 Å². The van der Waals surface area contributed by atoms with Gasteiger partial charge < -0.3 is 5.32 Å². The van der Waals surface area contributed by atoms with Crippen LogP contribution in [0.3, 0.4) is 0 Å². The molecule has 0 fully saturated rings. The Balaban J connectivity index is 0.000000461. The summed E-state index contributed by atoms with van der Waals surface area (Å²) in [4.78, 5) is 0. The highest BCUT2D eigenvalue weighted by molar-refractivity contribution is 5.23. The summed E-state index contributed by atoms with van der Waals surface area (Å²) in [5, 5.41) is 3.11. The lowest BCUT2D eigenvalue weighted by atomic mass is 10.0. The molecule has 1 aliphatic heterocycles. The van der Waals surface area contributed by atoms with E-state index in [0.717, 1.165) is 6.54 Å². The summed E-state index contributed by atoms with van der Waals surface area (Å²) < 4.78 is 0. The summed E-state index contributed by atoms with van der Waals surface area (Å²) in [5.74, 6) is 0.670. The Hall–Kier alpha value is -0.720. The van der Waals surface area contributed by atoms with E-state index in [1.54, 1.807) is 0 Å². The third kappa shape index (κ3) is 3.87. The molecule has 0 aliphatic carbocycles. The third-order valence-electron chi connectivity index (χ3n) is 1.52. The molecular formula is C10H19N. The average Bonchev–Trinajstić information content (AvgIpc) is 2.10. The van der Waals surface area contributed by atoms with Crippen molar-refractivity contribution in [3.05, 3.63) is 23.9 Å². The Morgan fingerprint density at radius 1 is 1.36 bits per heavy atom. The molecule has 1 heteroatoms. The predicted octanol–water partition coefficient (Wildman–Crippen LogP) is 2.71. The molecule has 64 valence electrons. The Bertz CT molecular complexity index is 143. The van der Waals surface area contributed by atoms with Gasteiger partial charge in [0, 0.05) is 6.54 Å². The lowest BCUT2D eigenvalue weighted by Gasteiger charge is -2.10. The van der Waals surface area contributed by atoms with Crippen LogP contribution in [-0.2, 0) is 0 Å². The van der Waals surface area contributed by atoms with E-state index >= 15 is 0 Å². The maximum absolute atomic E-state index is 3.11. The van der Waals surface area contributed by atoms with E-state index in [2.05, 4.69) is 31.3 Å². The summed E-state index contributed by atoms with van der Waals surface area (Å²) in [6, 6.07) is 0. The smallest absolute Gasteiger partial charge is 0.0331 e. The Morgan fingerprint density at radius 2 is 2.00 bits per heavy atom. The van der Waals surface area contributed by atoms with Gasteiger partial charge in [-0.15, -0.1) is 0 Å². The minimum Gasteiger partial charge on any atom is -0.387 e. The first kappa shape index (κ1) is 10.3. The number of nitrogens with one attached hydrogen (secondary N) is 1. The average molecular weight is 153 g/mol. The minimum absolute atomic E-state index is 0.670. The molecule has 1 N–H and O–H groups in total. The van der Waals surface area contributed by atoms with E-state index in [-0.39, 0.29) is 0 Å². The monoisotopic (exact) mass is 153 g/mol. The van der Waals surface area contributed by atoms with Crippen molar-refractivity contribution in [2.45, 2.75) is 27.7 Å². The summed E-state index contributed by atoms with van der Waals surface area (Å²) in [6.07, 6.45) is 6.37. The van der Waals surface area contributed by atoms with Gasteiger partial charge in [0.1, 0.15) is 0 Å². The van der Waals surface area contributed by atoms with Gasteiger partial charge in [0.25, 0.3) is 0 Å². The second-order valence-electron chi connectivity index (χ2n) is 2.60. The van der Waals surface area contributed by atoms with Gasteiger partial charge in [-0.05, 0) is 23.8 Å². The van der Waals surface area contributed by atoms with Crippen LogP contribution < -0.4 is 5.32 Å². The van der Waals surface area contributed by atoms with Crippen LogP contribution >= 0.6 is 0 Å². The second-order valence-corrected chi connectivity index (χ2v) is 2.60. The summed E-state index contributed by atoms with van der Waals surface area (Å²) in [7, 11) is 0. The lowest BCUT2D eigenvalue weighted by molar-refractivity contribution is 0.770. The van der Waals surface area contributed by atoms with E-state index in [0.29, 0.717) is 5.92 Å². The van der Waals surface area contributed by atoms with Crippen molar-refractivity contribution in [3.8, 4) is 0 Å². The molecule has 1 aliphatic rings. The van der Waals surface area contributed by atoms with Crippen LogP contribution in [0.5, 0.6) is 0 Å². The number of hydrogen-bond acceptors (Lipinski definition) is 1. The molecule has 0 spiro atoms. The van der Waals surface area contributed by atoms with Gasteiger partial charge in [0.2, 0.25) is 0 Å². The first-order valence-corrected chi connectivity index (χ1v) is 4.40. The van der Waals surface area contributed by atoms with Gasteiger partial charge in [-0.3, -0.25) is 0 Å². The van der Waals surface area contributed by atoms with Gasteiger partial charge in [0.05, 0.1) is 0 Å². The fourth-order valence-electron chi connectivity index (χ4n) is 0.896. The largest absolute Gasteiger partial charge is 0.387 e. The van der Waals surface area contributed by atoms with Gasteiger partial charge >= 0.3 is 0 Å². The zero-order chi connectivity index (χ0) is 8.69. The maximum Gasteiger partial charge on any atom is 0.0331 e. The molecule has 1 nitrogen and oxygen atoms in total. The quantitative estimate of drug-likeness (QED) is 0.610. The van der Waals surface area contributed by atoms with Crippen LogP contribution in [0.2, 0.25) is 0 Å². The molecule has 0 bridgehead atoms. The number of hydrogen-bond donors (Lipinski definition) is 1. The Morgan fingerprint density at radius 3 is 2.27 bits per heavy atom. The number of allylic oxidation sites excluding steroid dienone is 2. The first-order chi connectivity index (χ1) is 5.30. The van der Waals surface area contributed by atoms with E-state index < -0.39 is 0 Å². The van der Waals surface area contributed by atoms with Crippen LogP contribution in [0, 0.1) is 5.92 Å². The minimum atomic E-state index is 0.670. The highest BCUT2D eigenvalue weighted by Gasteiger charge is 1.99. The molecule has 1 rings (SSSR count). The van der Waals surface area contributed by atoms with Crippen LogP contribution in [-0.4, -0.2) is 6.54 Å². The van der Waals surface area contributed by atoms with Crippen molar-refractivity contribution in [1.29, 1.82) is 0 Å².